The summed E-state index contributed by atoms with van der Waals surface area (Å²) in [5.74, 6) is -1.16. The predicted octanol–water partition coefficient (Wildman–Crippen LogP) is 3.44. The molecule has 0 saturated heterocycles. The Morgan fingerprint density at radius 1 is 1.11 bits per heavy atom. The Balaban J connectivity index is 1.45. The van der Waals surface area contributed by atoms with Crippen molar-refractivity contribution in [2.24, 2.45) is 0 Å². The summed E-state index contributed by atoms with van der Waals surface area (Å²) in [5, 5.41) is 13.3. The first-order valence-corrected chi connectivity index (χ1v) is 11.5. The highest BCUT2D eigenvalue weighted by Gasteiger charge is 2.19. The van der Waals surface area contributed by atoms with Crippen molar-refractivity contribution in [2.45, 2.75) is 19.4 Å². The molecule has 3 N–H and O–H groups in total. The monoisotopic (exact) mass is 491 g/mol. The normalized spacial score (nSPS) is 10.8. The number of ketones is 1. The topological polar surface area (TPSA) is 138 Å². The van der Waals surface area contributed by atoms with Crippen molar-refractivity contribution < 1.29 is 24.2 Å². The van der Waals surface area contributed by atoms with Crippen molar-refractivity contribution in [2.75, 3.05) is 7.11 Å². The van der Waals surface area contributed by atoms with E-state index in [1.54, 1.807) is 19.2 Å². The Morgan fingerprint density at radius 2 is 1.89 bits per heavy atom. The van der Waals surface area contributed by atoms with Gasteiger partial charge >= 0.3 is 5.97 Å². The summed E-state index contributed by atoms with van der Waals surface area (Å²) in [6.07, 6.45) is 0.615. The van der Waals surface area contributed by atoms with Crippen LogP contribution in [0.4, 0.5) is 0 Å². The maximum atomic E-state index is 12.7. The van der Waals surface area contributed by atoms with Crippen molar-refractivity contribution in [3.8, 4) is 5.75 Å². The van der Waals surface area contributed by atoms with E-state index in [0.717, 1.165) is 16.9 Å². The SMILES string of the molecule is COc1cccc(CCC(=O)c2nc3scc(C(=O)NCc4ccc(C(=O)O)cc4)c3c(=O)[nH]2)c1. The third-order valence-electron chi connectivity index (χ3n) is 5.38. The molecule has 2 heterocycles. The zero-order valence-corrected chi connectivity index (χ0v) is 19.5. The molecular formula is C25H21N3O6S. The molecule has 2 aromatic heterocycles. The molecule has 0 saturated carbocycles. The number of Topliss-reactive ketones (excluding diaryl/α,β-unsaturated/α-hetero) is 1. The number of aromatic carboxylic acids is 1. The van der Waals surface area contributed by atoms with Crippen LogP contribution < -0.4 is 15.6 Å². The van der Waals surface area contributed by atoms with E-state index >= 15 is 0 Å². The van der Waals surface area contributed by atoms with Gasteiger partial charge in [-0.1, -0.05) is 24.3 Å². The molecule has 10 heteroatoms. The van der Waals surface area contributed by atoms with E-state index in [-0.39, 0.29) is 41.1 Å². The highest BCUT2D eigenvalue weighted by molar-refractivity contribution is 7.17. The second-order valence-corrected chi connectivity index (χ2v) is 8.56. The van der Waals surface area contributed by atoms with Crippen LogP contribution in [-0.4, -0.2) is 39.8 Å². The lowest BCUT2D eigenvalue weighted by atomic mass is 10.1. The van der Waals surface area contributed by atoms with E-state index in [1.807, 2.05) is 24.3 Å². The molecule has 9 nitrogen and oxygen atoms in total. The molecule has 4 aromatic rings. The maximum absolute atomic E-state index is 12.7. The second kappa shape index (κ2) is 10.3. The lowest BCUT2D eigenvalue weighted by molar-refractivity contribution is 0.0696. The Morgan fingerprint density at radius 3 is 2.60 bits per heavy atom. The highest BCUT2D eigenvalue weighted by Crippen LogP contribution is 2.22. The quantitative estimate of drug-likeness (QED) is 0.305. The summed E-state index contributed by atoms with van der Waals surface area (Å²) in [6.45, 7) is 0.155. The van der Waals surface area contributed by atoms with E-state index in [1.165, 1.54) is 17.5 Å². The van der Waals surface area contributed by atoms with Crippen LogP contribution in [0.1, 0.15) is 48.9 Å². The van der Waals surface area contributed by atoms with Gasteiger partial charge in [0.25, 0.3) is 11.5 Å². The number of carbonyl (C=O) groups is 3. The molecule has 1 amide bonds. The van der Waals surface area contributed by atoms with Crippen LogP contribution in [0.5, 0.6) is 5.75 Å². The van der Waals surface area contributed by atoms with Crippen LogP contribution in [-0.2, 0) is 13.0 Å². The van der Waals surface area contributed by atoms with Gasteiger partial charge in [0.1, 0.15) is 10.6 Å². The number of hydrogen-bond acceptors (Lipinski definition) is 7. The number of aromatic nitrogens is 2. The minimum absolute atomic E-state index is 0.0438. The number of carbonyl (C=O) groups excluding carboxylic acids is 2. The molecule has 0 aliphatic heterocycles. The van der Waals surface area contributed by atoms with Gasteiger partial charge in [-0.2, -0.15) is 0 Å². The van der Waals surface area contributed by atoms with Crippen molar-refractivity contribution in [1.82, 2.24) is 15.3 Å². The summed E-state index contributed by atoms with van der Waals surface area (Å²) in [4.78, 5) is 56.1. The number of thiophene rings is 1. The van der Waals surface area contributed by atoms with Gasteiger partial charge in [0.15, 0.2) is 11.6 Å². The predicted molar refractivity (Wildman–Crippen MR) is 130 cm³/mol. The number of aromatic amines is 1. The van der Waals surface area contributed by atoms with E-state index in [0.29, 0.717) is 22.6 Å². The lowest BCUT2D eigenvalue weighted by Crippen LogP contribution is -2.24. The largest absolute Gasteiger partial charge is 0.497 e. The van der Waals surface area contributed by atoms with E-state index in [4.69, 9.17) is 9.84 Å². The number of benzene rings is 2. The van der Waals surface area contributed by atoms with E-state index < -0.39 is 17.4 Å². The zero-order chi connectivity index (χ0) is 24.9. The number of amides is 1. The molecule has 35 heavy (non-hydrogen) atoms. The summed E-state index contributed by atoms with van der Waals surface area (Å²) in [7, 11) is 1.57. The standard InChI is InChI=1S/C25H21N3O6S/c1-34-17-4-2-3-14(11-17)7-10-19(29)21-27-23(31)20-18(13-35-24(20)28-21)22(30)26-12-15-5-8-16(9-6-15)25(32)33/h2-6,8-9,11,13H,7,10,12H2,1H3,(H,26,30)(H,32,33)(H,27,28,31). The van der Waals surface area contributed by atoms with Crippen LogP contribution in [0.3, 0.4) is 0 Å². The molecular weight excluding hydrogens is 470 g/mol. The first-order valence-electron chi connectivity index (χ1n) is 10.6. The number of nitrogens with zero attached hydrogens (tertiary/aromatic N) is 1. The number of carboxylic acids is 1. The van der Waals surface area contributed by atoms with E-state index in [2.05, 4.69) is 15.3 Å². The number of carboxylic acid groups (broad SMARTS) is 1. The van der Waals surface area contributed by atoms with Crippen molar-refractivity contribution in [3.63, 3.8) is 0 Å². The average molecular weight is 492 g/mol. The summed E-state index contributed by atoms with van der Waals surface area (Å²) in [6, 6.07) is 13.5. The summed E-state index contributed by atoms with van der Waals surface area (Å²) in [5.41, 5.74) is 1.39. The fourth-order valence-corrected chi connectivity index (χ4v) is 4.41. The summed E-state index contributed by atoms with van der Waals surface area (Å²) < 4.78 is 5.19. The van der Waals surface area contributed by atoms with Gasteiger partial charge in [0.2, 0.25) is 0 Å². The molecule has 0 atom stereocenters. The van der Waals surface area contributed by atoms with E-state index in [9.17, 15) is 19.2 Å². The smallest absolute Gasteiger partial charge is 0.335 e. The Labute approximate surface area is 203 Å². The number of rotatable bonds is 9. The van der Waals surface area contributed by atoms with Gasteiger partial charge in [-0.15, -0.1) is 11.3 Å². The number of H-pyrrole nitrogens is 1. The minimum atomic E-state index is -1.03. The Kier molecular flexibility index (Phi) is 7.02. The average Bonchev–Trinajstić information content (AvgIpc) is 3.31. The second-order valence-electron chi connectivity index (χ2n) is 7.70. The molecule has 178 valence electrons. The van der Waals surface area contributed by atoms with Gasteiger partial charge in [0, 0.05) is 18.3 Å². The molecule has 0 unspecified atom stereocenters. The number of methoxy groups -OCH3 is 1. The van der Waals surface area contributed by atoms with Crippen molar-refractivity contribution in [1.29, 1.82) is 0 Å². The van der Waals surface area contributed by atoms with Crippen LogP contribution >= 0.6 is 11.3 Å². The molecule has 0 radical (unpaired) electrons. The minimum Gasteiger partial charge on any atom is -0.497 e. The summed E-state index contributed by atoms with van der Waals surface area (Å²) >= 11 is 1.11. The fourth-order valence-electron chi connectivity index (χ4n) is 3.50. The molecule has 0 aliphatic rings. The van der Waals surface area contributed by atoms with Gasteiger partial charge < -0.3 is 20.1 Å². The van der Waals surface area contributed by atoms with Crippen molar-refractivity contribution >= 4 is 39.2 Å². The van der Waals surface area contributed by atoms with Crippen molar-refractivity contribution in [3.05, 3.63) is 92.3 Å². The molecule has 0 spiro atoms. The highest BCUT2D eigenvalue weighted by atomic mass is 32.1. The fraction of sp³-hybridized carbons (Fsp3) is 0.160. The van der Waals surface area contributed by atoms with Crippen LogP contribution in [0.2, 0.25) is 0 Å². The van der Waals surface area contributed by atoms with Gasteiger partial charge in [-0.05, 0) is 41.8 Å². The van der Waals surface area contributed by atoms with Gasteiger partial charge in [0.05, 0.1) is 23.6 Å². The lowest BCUT2D eigenvalue weighted by Gasteiger charge is -2.06. The molecule has 4 rings (SSSR count). The number of aryl methyl sites for hydroxylation is 1. The maximum Gasteiger partial charge on any atom is 0.335 e. The number of hydrogen-bond donors (Lipinski definition) is 3. The molecule has 2 aromatic carbocycles. The van der Waals surface area contributed by atoms with Gasteiger partial charge in [-0.25, -0.2) is 9.78 Å². The number of fused-ring (bicyclic) bond motifs is 1. The third-order valence-corrected chi connectivity index (χ3v) is 6.25. The number of ether oxygens (including phenoxy) is 1. The molecule has 0 aliphatic carbocycles. The Bertz CT molecular complexity index is 1470. The zero-order valence-electron chi connectivity index (χ0n) is 18.7. The van der Waals surface area contributed by atoms with Crippen LogP contribution in [0.15, 0.2) is 58.7 Å². The first-order chi connectivity index (χ1) is 16.9. The van der Waals surface area contributed by atoms with Crippen LogP contribution in [0.25, 0.3) is 10.2 Å². The van der Waals surface area contributed by atoms with Gasteiger partial charge in [-0.3, -0.25) is 14.4 Å². The number of nitrogens with one attached hydrogen (secondary N) is 2. The molecule has 0 bridgehead atoms. The molecule has 0 fully saturated rings. The third kappa shape index (κ3) is 5.44. The Hall–Kier alpha value is -4.31. The first kappa shape index (κ1) is 23.8. The van der Waals surface area contributed by atoms with Crippen LogP contribution in [0, 0.1) is 0 Å².